The van der Waals surface area contributed by atoms with Gasteiger partial charge in [0.1, 0.15) is 0 Å². The fourth-order valence-electron chi connectivity index (χ4n) is 2.73. The summed E-state index contributed by atoms with van der Waals surface area (Å²) in [5.74, 6) is 0.467. The van der Waals surface area contributed by atoms with Crippen LogP contribution in [0.25, 0.3) is 0 Å². The van der Waals surface area contributed by atoms with E-state index in [2.05, 4.69) is 45.0 Å². The Bertz CT molecular complexity index is 356. The Morgan fingerprint density at radius 3 is 2.67 bits per heavy atom. The van der Waals surface area contributed by atoms with Gasteiger partial charge in [0.25, 0.3) is 0 Å². The van der Waals surface area contributed by atoms with Gasteiger partial charge >= 0.3 is 0 Å². The highest BCUT2D eigenvalue weighted by molar-refractivity contribution is 5.38. The zero-order chi connectivity index (χ0) is 11.1. The molecule has 1 heteroatoms. The third kappa shape index (κ3) is 1.50. The van der Waals surface area contributed by atoms with E-state index in [0.29, 0.717) is 5.92 Å². The van der Waals surface area contributed by atoms with Gasteiger partial charge in [-0.15, -0.1) is 0 Å². The monoisotopic (exact) mass is 204 g/mol. The minimum Gasteiger partial charge on any atom is -0.392 e. The molecule has 1 aliphatic carbocycles. The second kappa shape index (κ2) is 3.64. The highest BCUT2D eigenvalue weighted by Crippen LogP contribution is 2.42. The first kappa shape index (κ1) is 10.7. The third-order valence-electron chi connectivity index (χ3n) is 4.18. The number of aliphatic hydroxyl groups is 1. The molecule has 0 bridgehead atoms. The largest absolute Gasteiger partial charge is 0.392 e. The Kier molecular flexibility index (Phi) is 2.59. The normalized spacial score (nSPS) is 30.3. The summed E-state index contributed by atoms with van der Waals surface area (Å²) < 4.78 is 0. The van der Waals surface area contributed by atoms with E-state index in [1.54, 1.807) is 0 Å². The summed E-state index contributed by atoms with van der Waals surface area (Å²) >= 11 is 0. The Hall–Kier alpha value is -0.820. The molecule has 0 saturated heterocycles. The molecule has 0 heterocycles. The first-order chi connectivity index (χ1) is 7.06. The summed E-state index contributed by atoms with van der Waals surface area (Å²) in [6.07, 6.45) is 1.71. The van der Waals surface area contributed by atoms with Crippen LogP contribution in [0.1, 0.15) is 38.3 Å². The first-order valence-electron chi connectivity index (χ1n) is 5.83. The summed E-state index contributed by atoms with van der Waals surface area (Å²) in [7, 11) is 0. The van der Waals surface area contributed by atoms with Crippen molar-refractivity contribution in [1.29, 1.82) is 0 Å². The summed E-state index contributed by atoms with van der Waals surface area (Å²) in [4.78, 5) is 0. The van der Waals surface area contributed by atoms with Crippen molar-refractivity contribution in [3.8, 4) is 0 Å². The van der Waals surface area contributed by atoms with Crippen LogP contribution in [0.15, 0.2) is 24.3 Å². The number of fused-ring (bicyclic) bond motifs is 1. The van der Waals surface area contributed by atoms with Crippen molar-refractivity contribution in [2.45, 2.75) is 45.1 Å². The molecule has 1 N–H and O–H groups in total. The quantitative estimate of drug-likeness (QED) is 0.745. The molecule has 2 rings (SSSR count). The summed E-state index contributed by atoms with van der Waals surface area (Å²) in [6.45, 7) is 6.59. The first-order valence-corrected chi connectivity index (χ1v) is 5.83. The molecule has 0 radical (unpaired) electrons. The number of benzene rings is 1. The molecule has 2 unspecified atom stereocenters. The number of aryl methyl sites for hydroxylation is 1. The smallest absolute Gasteiger partial charge is 0.0639 e. The lowest BCUT2D eigenvalue weighted by molar-refractivity contribution is 0.0458. The van der Waals surface area contributed by atoms with E-state index in [9.17, 15) is 5.11 Å². The molecule has 82 valence electrons. The van der Waals surface area contributed by atoms with Gasteiger partial charge in [-0.25, -0.2) is 0 Å². The zero-order valence-corrected chi connectivity index (χ0v) is 9.83. The van der Waals surface area contributed by atoms with Crippen LogP contribution in [-0.4, -0.2) is 11.2 Å². The average Bonchev–Trinajstić information content (AvgIpc) is 2.23. The molecule has 0 amide bonds. The summed E-state index contributed by atoms with van der Waals surface area (Å²) in [5, 5.41) is 10.2. The Morgan fingerprint density at radius 2 is 2.00 bits per heavy atom. The lowest BCUT2D eigenvalue weighted by Crippen LogP contribution is -2.45. The molecule has 0 spiro atoms. The maximum absolute atomic E-state index is 10.2. The summed E-state index contributed by atoms with van der Waals surface area (Å²) in [6, 6.07) is 8.55. The van der Waals surface area contributed by atoms with Gasteiger partial charge in [-0.2, -0.15) is 0 Å². The highest BCUT2D eigenvalue weighted by atomic mass is 16.3. The zero-order valence-electron chi connectivity index (χ0n) is 9.83. The van der Waals surface area contributed by atoms with Crippen molar-refractivity contribution in [2.75, 3.05) is 0 Å². The van der Waals surface area contributed by atoms with Gasteiger partial charge in [0.15, 0.2) is 0 Å². The van der Waals surface area contributed by atoms with Crippen molar-refractivity contribution >= 4 is 0 Å². The molecule has 0 saturated carbocycles. The minimum atomic E-state index is -0.201. The van der Waals surface area contributed by atoms with Gasteiger partial charge in [-0.3, -0.25) is 0 Å². The van der Waals surface area contributed by atoms with E-state index in [4.69, 9.17) is 0 Å². The van der Waals surface area contributed by atoms with Crippen LogP contribution in [0.5, 0.6) is 0 Å². The second-order valence-electron chi connectivity index (χ2n) is 5.15. The summed E-state index contributed by atoms with van der Waals surface area (Å²) in [5.41, 5.74) is 2.69. The van der Waals surface area contributed by atoms with Crippen LogP contribution in [0.4, 0.5) is 0 Å². The van der Waals surface area contributed by atoms with Gasteiger partial charge < -0.3 is 5.11 Å². The van der Waals surface area contributed by atoms with Crippen LogP contribution in [-0.2, 0) is 11.8 Å². The Morgan fingerprint density at radius 1 is 1.33 bits per heavy atom. The van der Waals surface area contributed by atoms with Crippen LogP contribution in [0, 0.1) is 5.92 Å². The van der Waals surface area contributed by atoms with Crippen molar-refractivity contribution in [3.05, 3.63) is 35.4 Å². The molecule has 1 aromatic carbocycles. The van der Waals surface area contributed by atoms with Gasteiger partial charge in [-0.1, -0.05) is 45.0 Å². The fourth-order valence-corrected chi connectivity index (χ4v) is 2.73. The third-order valence-corrected chi connectivity index (χ3v) is 4.18. The van der Waals surface area contributed by atoms with Crippen molar-refractivity contribution in [3.63, 3.8) is 0 Å². The van der Waals surface area contributed by atoms with E-state index in [-0.39, 0.29) is 11.5 Å². The van der Waals surface area contributed by atoms with Gasteiger partial charge in [0.2, 0.25) is 0 Å². The molecule has 1 nitrogen and oxygen atoms in total. The number of hydrogen-bond donors (Lipinski definition) is 1. The minimum absolute atomic E-state index is 0.0746. The average molecular weight is 204 g/mol. The van der Waals surface area contributed by atoms with Crippen molar-refractivity contribution in [1.82, 2.24) is 0 Å². The Balaban J connectivity index is 2.55. The van der Waals surface area contributed by atoms with Gasteiger partial charge in [0, 0.05) is 5.41 Å². The highest BCUT2D eigenvalue weighted by Gasteiger charge is 2.41. The molecule has 1 aromatic rings. The molecule has 0 fully saturated rings. The van der Waals surface area contributed by atoms with Crippen LogP contribution < -0.4 is 0 Å². The number of hydrogen-bond acceptors (Lipinski definition) is 1. The predicted octanol–water partition coefficient (Wildman–Crippen LogP) is 2.91. The molecular weight excluding hydrogens is 184 g/mol. The molecule has 2 atom stereocenters. The van der Waals surface area contributed by atoms with Crippen LogP contribution in [0.2, 0.25) is 0 Å². The van der Waals surface area contributed by atoms with E-state index in [1.807, 2.05) is 0 Å². The standard InChI is InChI=1S/C14H20O/c1-10(2)14(3)12-7-5-4-6-11(12)8-9-13(14)15/h4-7,10,13,15H,8-9H2,1-3H3. The van der Waals surface area contributed by atoms with E-state index >= 15 is 0 Å². The lowest BCUT2D eigenvalue weighted by Gasteiger charge is -2.43. The van der Waals surface area contributed by atoms with Crippen molar-refractivity contribution < 1.29 is 5.11 Å². The molecule has 0 aromatic heterocycles. The van der Waals surface area contributed by atoms with Crippen LogP contribution >= 0.6 is 0 Å². The molecule has 1 aliphatic rings. The van der Waals surface area contributed by atoms with E-state index in [1.165, 1.54) is 11.1 Å². The molecular formula is C14H20O. The number of aliphatic hydroxyl groups excluding tert-OH is 1. The SMILES string of the molecule is CC(C)C1(C)c2ccccc2CCC1O. The molecule has 15 heavy (non-hydrogen) atoms. The Labute approximate surface area is 92.1 Å². The van der Waals surface area contributed by atoms with Crippen molar-refractivity contribution in [2.24, 2.45) is 5.92 Å². The van der Waals surface area contributed by atoms with E-state index < -0.39 is 0 Å². The predicted molar refractivity (Wildman–Crippen MR) is 63.0 cm³/mol. The van der Waals surface area contributed by atoms with Gasteiger partial charge in [-0.05, 0) is 29.9 Å². The maximum atomic E-state index is 10.2. The van der Waals surface area contributed by atoms with E-state index in [0.717, 1.165) is 12.8 Å². The maximum Gasteiger partial charge on any atom is 0.0639 e. The number of rotatable bonds is 1. The topological polar surface area (TPSA) is 20.2 Å². The fraction of sp³-hybridized carbons (Fsp3) is 0.571. The molecule has 0 aliphatic heterocycles. The van der Waals surface area contributed by atoms with Gasteiger partial charge in [0.05, 0.1) is 6.10 Å². The van der Waals surface area contributed by atoms with Crippen LogP contribution in [0.3, 0.4) is 0 Å². The second-order valence-corrected chi connectivity index (χ2v) is 5.15. The lowest BCUT2D eigenvalue weighted by atomic mass is 9.63.